The Morgan fingerprint density at radius 3 is 2.77 bits per heavy atom. The fraction of sp³-hybridized carbons (Fsp3) is 0.211. The highest BCUT2D eigenvalue weighted by molar-refractivity contribution is 8.01. The Kier molecular flexibility index (Phi) is 6.60. The van der Waals surface area contributed by atoms with Crippen LogP contribution < -0.4 is 5.32 Å². The highest BCUT2D eigenvalue weighted by atomic mass is 32.2. The first-order valence-electron chi connectivity index (χ1n) is 8.96. The molecule has 0 bridgehead atoms. The molecule has 0 aliphatic carbocycles. The zero-order valence-corrected chi connectivity index (χ0v) is 19.0. The number of rotatable bonds is 7. The van der Waals surface area contributed by atoms with Gasteiger partial charge in [0.2, 0.25) is 0 Å². The number of nitrogens with one attached hydrogen (secondary N) is 1. The number of β-lactam (4-membered cyclic amide) rings is 1. The van der Waals surface area contributed by atoms with E-state index in [1.807, 2.05) is 12.1 Å². The Balaban J connectivity index is 1.49. The average molecular weight is 494 g/mol. The molecule has 1 fully saturated rings. The van der Waals surface area contributed by atoms with Gasteiger partial charge >= 0.3 is 5.97 Å². The number of thioether (sulfide) groups is 2. The maximum absolute atomic E-state index is 12.8. The van der Waals surface area contributed by atoms with E-state index in [1.165, 1.54) is 39.8 Å². The minimum Gasteiger partial charge on any atom is -0.477 e. The smallest absolute Gasteiger partial charge is 0.352 e. The first-order valence-corrected chi connectivity index (χ1v) is 12.6. The molecular weight excluding hydrogens is 478 g/mol. The topological polar surface area (TPSA) is 117 Å². The quantitative estimate of drug-likeness (QED) is 0.257. The number of carboxylic acids is 1. The Labute approximate surface area is 193 Å². The molecule has 2 aromatic heterocycles. The van der Waals surface area contributed by atoms with Crippen LogP contribution in [0.4, 0.5) is 0 Å². The number of pyridine rings is 1. The molecule has 2 atom stereocenters. The molecule has 0 saturated carbocycles. The van der Waals surface area contributed by atoms with E-state index >= 15 is 0 Å². The Bertz CT molecular complexity index is 1110. The number of fused-ring (bicyclic) bond motifs is 1. The summed E-state index contributed by atoms with van der Waals surface area (Å²) in [5.41, 5.74) is 0.590. The van der Waals surface area contributed by atoms with Gasteiger partial charge in [-0.05, 0) is 29.2 Å². The lowest BCUT2D eigenvalue weighted by Crippen LogP contribution is -2.71. The van der Waals surface area contributed by atoms with Crippen molar-refractivity contribution in [1.82, 2.24) is 15.2 Å². The van der Waals surface area contributed by atoms with Crippen LogP contribution in [0.5, 0.6) is 0 Å². The summed E-state index contributed by atoms with van der Waals surface area (Å²) < 4.78 is 11.4. The SMILES string of the molecule is O=S=C(C(=O)NC1C(=O)N2C(C(=O)O)=C(CSc3ccccn3)CS[C@H]12)c1cccs1. The standard InChI is InChI=1S/C19H15N3O5S4/c23-16(15(31-27)11-4-3-7-28-11)21-13-17(24)22-14(19(25)26)10(9-30-18(13)22)8-29-12-5-1-2-6-20-12/h1-7,13,18H,8-9H2,(H,21,23)(H,25,26)/t13?,18-/m1/s1. The van der Waals surface area contributed by atoms with Crippen LogP contribution in [0, 0.1) is 0 Å². The van der Waals surface area contributed by atoms with Crippen LogP contribution >= 0.6 is 34.9 Å². The van der Waals surface area contributed by atoms with Gasteiger partial charge in [0, 0.05) is 17.7 Å². The van der Waals surface area contributed by atoms with Crippen molar-refractivity contribution in [3.63, 3.8) is 0 Å². The predicted molar refractivity (Wildman–Crippen MR) is 121 cm³/mol. The summed E-state index contributed by atoms with van der Waals surface area (Å²) in [5, 5.41) is 14.3. The lowest BCUT2D eigenvalue weighted by Gasteiger charge is -2.49. The third kappa shape index (κ3) is 4.33. The van der Waals surface area contributed by atoms with Crippen molar-refractivity contribution in [2.75, 3.05) is 11.5 Å². The molecule has 1 unspecified atom stereocenters. The minimum atomic E-state index is -1.18. The average Bonchev–Trinajstić information content (AvgIpc) is 3.30. The molecule has 4 rings (SSSR count). The van der Waals surface area contributed by atoms with Gasteiger partial charge in [0.15, 0.2) is 0 Å². The van der Waals surface area contributed by atoms with Crippen LogP contribution in [-0.2, 0) is 25.6 Å². The van der Waals surface area contributed by atoms with Gasteiger partial charge in [0.25, 0.3) is 11.8 Å². The number of nitrogens with zero attached hydrogens (tertiary/aromatic N) is 2. The number of amides is 2. The van der Waals surface area contributed by atoms with Crippen molar-refractivity contribution in [3.05, 3.63) is 58.1 Å². The van der Waals surface area contributed by atoms with Crippen LogP contribution in [0.1, 0.15) is 4.88 Å². The molecular formula is C19H15N3O5S4. The third-order valence-corrected chi connectivity index (χ3v) is 8.56. The lowest BCUT2D eigenvalue weighted by atomic mass is 10.0. The van der Waals surface area contributed by atoms with Crippen LogP contribution in [0.15, 0.2) is 58.2 Å². The van der Waals surface area contributed by atoms with Crippen molar-refractivity contribution >= 4 is 68.8 Å². The molecule has 12 heteroatoms. The van der Waals surface area contributed by atoms with E-state index in [0.29, 0.717) is 22.0 Å². The highest BCUT2D eigenvalue weighted by Gasteiger charge is 2.54. The van der Waals surface area contributed by atoms with Crippen molar-refractivity contribution < 1.29 is 23.7 Å². The van der Waals surface area contributed by atoms with Gasteiger partial charge in [-0.2, -0.15) is 0 Å². The van der Waals surface area contributed by atoms with Crippen molar-refractivity contribution in [1.29, 1.82) is 0 Å². The van der Waals surface area contributed by atoms with Crippen LogP contribution in [0.25, 0.3) is 0 Å². The molecule has 2 aliphatic heterocycles. The Hall–Kier alpha value is -2.41. The van der Waals surface area contributed by atoms with Gasteiger partial charge in [-0.1, -0.05) is 12.1 Å². The van der Waals surface area contributed by atoms with Gasteiger partial charge in [0.1, 0.15) is 33.2 Å². The molecule has 31 heavy (non-hydrogen) atoms. The van der Waals surface area contributed by atoms with E-state index in [9.17, 15) is 23.7 Å². The van der Waals surface area contributed by atoms with Gasteiger partial charge in [-0.15, -0.1) is 34.9 Å². The monoisotopic (exact) mass is 493 g/mol. The second-order valence-electron chi connectivity index (χ2n) is 6.46. The van der Waals surface area contributed by atoms with Gasteiger partial charge in [0.05, 0.1) is 9.90 Å². The van der Waals surface area contributed by atoms with E-state index in [1.54, 1.807) is 29.8 Å². The summed E-state index contributed by atoms with van der Waals surface area (Å²) in [6.45, 7) is 0. The molecule has 2 N–H and O–H groups in total. The van der Waals surface area contributed by atoms with Crippen molar-refractivity contribution in [2.24, 2.45) is 0 Å². The van der Waals surface area contributed by atoms with Crippen LogP contribution in [-0.4, -0.2) is 64.8 Å². The lowest BCUT2D eigenvalue weighted by molar-refractivity contribution is -0.150. The molecule has 160 valence electrons. The van der Waals surface area contributed by atoms with Gasteiger partial charge < -0.3 is 10.4 Å². The molecule has 2 amide bonds. The van der Waals surface area contributed by atoms with Crippen molar-refractivity contribution in [2.45, 2.75) is 16.4 Å². The zero-order chi connectivity index (χ0) is 22.0. The number of carboxylic acid groups (broad SMARTS) is 1. The number of hydrogen-bond donors (Lipinski definition) is 2. The predicted octanol–water partition coefficient (Wildman–Crippen LogP) is 1.41. The largest absolute Gasteiger partial charge is 0.477 e. The maximum Gasteiger partial charge on any atom is 0.352 e. The summed E-state index contributed by atoms with van der Waals surface area (Å²) in [6.07, 6.45) is 1.66. The van der Waals surface area contributed by atoms with Gasteiger partial charge in [-0.3, -0.25) is 14.5 Å². The summed E-state index contributed by atoms with van der Waals surface area (Å²) >= 11 is 4.12. The zero-order valence-electron chi connectivity index (χ0n) is 15.7. The van der Waals surface area contributed by atoms with Gasteiger partial charge in [-0.25, -0.2) is 14.0 Å². The second-order valence-corrected chi connectivity index (χ2v) is 10.1. The first kappa shape index (κ1) is 21.8. The molecule has 8 nitrogen and oxygen atoms in total. The fourth-order valence-electron chi connectivity index (χ4n) is 3.19. The normalized spacial score (nSPS) is 20.0. The number of carbonyl (C=O) groups is 3. The Morgan fingerprint density at radius 2 is 2.13 bits per heavy atom. The third-order valence-electron chi connectivity index (χ3n) is 4.60. The summed E-state index contributed by atoms with van der Waals surface area (Å²) in [7, 11) is 0. The number of hydrogen-bond acceptors (Lipinski definition) is 8. The molecule has 0 aromatic carbocycles. The van der Waals surface area contributed by atoms with Crippen LogP contribution in [0.3, 0.4) is 0 Å². The summed E-state index contributed by atoms with van der Waals surface area (Å²) in [5.74, 6) is -1.49. The summed E-state index contributed by atoms with van der Waals surface area (Å²) in [4.78, 5) is 43.2. The van der Waals surface area contributed by atoms with E-state index < -0.39 is 29.2 Å². The fourth-order valence-corrected chi connectivity index (χ4v) is 6.73. The Morgan fingerprint density at radius 1 is 1.29 bits per heavy atom. The minimum absolute atomic E-state index is 0.0106. The van der Waals surface area contributed by atoms with Crippen LogP contribution in [0.2, 0.25) is 0 Å². The number of thiophene rings is 1. The molecule has 0 radical (unpaired) electrons. The molecule has 2 aliphatic rings. The maximum atomic E-state index is 12.8. The second kappa shape index (κ2) is 9.39. The van der Waals surface area contributed by atoms with Crippen molar-refractivity contribution in [3.8, 4) is 0 Å². The molecule has 0 spiro atoms. The first-order chi connectivity index (χ1) is 15.0. The number of carbonyl (C=O) groups excluding carboxylic acids is 2. The summed E-state index contributed by atoms with van der Waals surface area (Å²) in [6, 6.07) is 7.99. The van der Waals surface area contributed by atoms with E-state index in [-0.39, 0.29) is 21.8 Å². The van der Waals surface area contributed by atoms with E-state index in [2.05, 4.69) is 10.3 Å². The highest BCUT2D eigenvalue weighted by Crippen LogP contribution is 2.41. The number of aromatic nitrogens is 1. The molecule has 1 saturated heterocycles. The number of aliphatic carboxylic acids is 1. The van der Waals surface area contributed by atoms with E-state index in [0.717, 1.165) is 5.03 Å². The molecule has 2 aromatic rings. The molecule has 4 heterocycles. The van der Waals surface area contributed by atoms with E-state index in [4.69, 9.17) is 0 Å².